The van der Waals surface area contributed by atoms with Gasteiger partial charge in [-0.25, -0.2) is 9.97 Å². The molecule has 0 fully saturated rings. The molecule has 3 heterocycles. The van der Waals surface area contributed by atoms with Gasteiger partial charge >= 0.3 is 0 Å². The SMILES string of the molecule is [B]c1c([B])c([B])c(-c2cc(-c3cccc4oc5ccc(-c6ccc7c(c6)oc6cccc(-c8ccccc8)c67)cc5c34)nc(-c3c([B])c([B])c([B])c([B])c3[B])n2)c([B])c1[B]. The van der Waals surface area contributed by atoms with E-state index in [1.54, 1.807) is 6.07 Å². The molecule has 4 nitrogen and oxygen atoms in total. The Morgan fingerprint density at radius 3 is 1.50 bits per heavy atom. The summed E-state index contributed by atoms with van der Waals surface area (Å²) in [4.78, 5) is 9.86. The fourth-order valence-electron chi connectivity index (χ4n) is 8.12. The van der Waals surface area contributed by atoms with E-state index in [1.165, 1.54) is 0 Å². The summed E-state index contributed by atoms with van der Waals surface area (Å²) in [5.41, 5.74) is 9.19. The van der Waals surface area contributed by atoms with Crippen LogP contribution in [0.25, 0.3) is 100 Å². The van der Waals surface area contributed by atoms with Gasteiger partial charge in [0.15, 0.2) is 5.82 Å². The molecule has 0 saturated heterocycles. The monoisotopic (exact) mass is 740 g/mol. The van der Waals surface area contributed by atoms with Crippen LogP contribution in [-0.4, -0.2) is 88.4 Å². The molecule has 0 amide bonds. The topological polar surface area (TPSA) is 52.1 Å². The average Bonchev–Trinajstić information content (AvgIpc) is 3.84. The molecule has 10 rings (SSSR count). The zero-order valence-electron chi connectivity index (χ0n) is 31.9. The molecule has 0 spiro atoms. The molecule has 3 aromatic heterocycles. The number of fused-ring (bicyclic) bond motifs is 6. The van der Waals surface area contributed by atoms with Crippen molar-refractivity contribution < 1.29 is 8.83 Å². The first-order chi connectivity index (χ1) is 28.9. The predicted molar refractivity (Wildman–Crippen MR) is 258 cm³/mol. The van der Waals surface area contributed by atoms with Crippen molar-refractivity contribution in [2.24, 2.45) is 0 Å². The summed E-state index contributed by atoms with van der Waals surface area (Å²) in [5.74, 6) is 0.0590. The maximum atomic E-state index is 6.57. The highest BCUT2D eigenvalue weighted by molar-refractivity contribution is 6.70. The maximum absolute atomic E-state index is 6.57. The van der Waals surface area contributed by atoms with Crippen molar-refractivity contribution in [2.45, 2.75) is 0 Å². The normalized spacial score (nSPS) is 11.7. The van der Waals surface area contributed by atoms with Crippen molar-refractivity contribution in [3.05, 3.63) is 109 Å². The van der Waals surface area contributed by atoms with Crippen LogP contribution in [0.1, 0.15) is 0 Å². The highest BCUT2D eigenvalue weighted by atomic mass is 16.3. The molecule has 14 heteroatoms. The first kappa shape index (κ1) is 38.1. The van der Waals surface area contributed by atoms with E-state index in [0.29, 0.717) is 22.4 Å². The van der Waals surface area contributed by atoms with Crippen molar-refractivity contribution in [2.75, 3.05) is 0 Å². The van der Waals surface area contributed by atoms with Crippen LogP contribution >= 0.6 is 0 Å². The first-order valence-electron chi connectivity index (χ1n) is 18.8. The number of rotatable bonds is 5. The molecule has 0 saturated carbocycles. The lowest BCUT2D eigenvalue weighted by Crippen LogP contribution is -2.55. The lowest BCUT2D eigenvalue weighted by Gasteiger charge is -2.23. The Labute approximate surface area is 359 Å². The standard InChI is InChI=1S/C46H18B10N2O2/c47-36-34(37(48)41(52)44(55)40(36)51)27-18-26(57-46(58-27)35-38(49)42(53)45(56)43(54)39(35)50)23-9-5-11-30-33(23)25-16-20(13-15-28(25)59-30)21-12-14-24-31(17-21)60-29-10-4-8-22(32(24)29)19-6-2-1-3-7-19/h1-18H. The second-order valence-electron chi connectivity index (χ2n) is 14.7. The van der Waals surface area contributed by atoms with Crippen LogP contribution < -0.4 is 54.6 Å². The molecule has 20 radical (unpaired) electrons. The molecular weight excluding hydrogens is 721 g/mol. The number of nitrogens with zero attached hydrogens (tertiary/aromatic N) is 2. The summed E-state index contributed by atoms with van der Waals surface area (Å²) < 4.78 is 12.9. The van der Waals surface area contributed by atoms with Gasteiger partial charge in [0.2, 0.25) is 0 Å². The van der Waals surface area contributed by atoms with Crippen LogP contribution in [0.4, 0.5) is 0 Å². The highest BCUT2D eigenvalue weighted by Crippen LogP contribution is 2.41. The van der Waals surface area contributed by atoms with Crippen LogP contribution in [0.3, 0.4) is 0 Å². The van der Waals surface area contributed by atoms with Crippen LogP contribution in [0.2, 0.25) is 0 Å². The van der Waals surface area contributed by atoms with Crippen molar-refractivity contribution in [3.8, 4) is 56.2 Å². The maximum Gasteiger partial charge on any atom is 0.159 e. The Bertz CT molecular complexity index is 3310. The number of aromatic nitrogens is 2. The molecule has 0 unspecified atom stereocenters. The van der Waals surface area contributed by atoms with Gasteiger partial charge in [0, 0.05) is 32.7 Å². The van der Waals surface area contributed by atoms with E-state index >= 15 is 0 Å². The lowest BCUT2D eigenvalue weighted by molar-refractivity contribution is 0.669. The van der Waals surface area contributed by atoms with Gasteiger partial charge in [-0.3, -0.25) is 0 Å². The summed E-state index contributed by atoms with van der Waals surface area (Å²) in [6.07, 6.45) is 0. The Hall–Kier alpha value is -6.13. The molecule has 60 heavy (non-hydrogen) atoms. The molecule has 0 aliphatic carbocycles. The third-order valence-corrected chi connectivity index (χ3v) is 11.3. The van der Waals surface area contributed by atoms with E-state index in [-0.39, 0.29) is 77.3 Å². The van der Waals surface area contributed by atoms with Crippen LogP contribution in [0.15, 0.2) is 118 Å². The molecule has 7 aromatic carbocycles. The fraction of sp³-hybridized carbons (Fsp3) is 0. The Morgan fingerprint density at radius 1 is 0.333 bits per heavy atom. The molecule has 0 aliphatic rings. The minimum absolute atomic E-state index is 0.0279. The largest absolute Gasteiger partial charge is 0.456 e. The summed E-state index contributed by atoms with van der Waals surface area (Å²) in [5, 5.41) is 3.70. The Morgan fingerprint density at radius 2 is 0.850 bits per heavy atom. The second-order valence-corrected chi connectivity index (χ2v) is 14.7. The van der Waals surface area contributed by atoms with Gasteiger partial charge in [-0.15, -0.1) is 32.8 Å². The van der Waals surface area contributed by atoms with Crippen molar-refractivity contribution in [1.82, 2.24) is 9.97 Å². The summed E-state index contributed by atoms with van der Waals surface area (Å²) in [6.45, 7) is 0. The summed E-state index contributed by atoms with van der Waals surface area (Å²) in [6, 6.07) is 36.1. The fourth-order valence-corrected chi connectivity index (χ4v) is 8.12. The minimum Gasteiger partial charge on any atom is -0.456 e. The lowest BCUT2D eigenvalue weighted by atomic mass is 9.60. The van der Waals surface area contributed by atoms with Gasteiger partial charge in [-0.1, -0.05) is 88.6 Å². The van der Waals surface area contributed by atoms with E-state index in [0.717, 1.165) is 55.0 Å². The molecule has 254 valence electrons. The Balaban J connectivity index is 1.19. The average molecular weight is 739 g/mol. The van der Waals surface area contributed by atoms with Crippen molar-refractivity contribution >= 4 is 177 Å². The quantitative estimate of drug-likeness (QED) is 0.243. The third-order valence-electron chi connectivity index (χ3n) is 11.3. The molecule has 10 aromatic rings. The van der Waals surface area contributed by atoms with E-state index in [4.69, 9.17) is 97.3 Å². The number of hydrogen-bond donors (Lipinski definition) is 0. The number of furan rings is 2. The summed E-state index contributed by atoms with van der Waals surface area (Å²) in [7, 11) is 63.8. The Kier molecular flexibility index (Phi) is 9.05. The molecule has 0 bridgehead atoms. The molecular formula is C46H18B10N2O2. The first-order valence-corrected chi connectivity index (χ1v) is 18.8. The van der Waals surface area contributed by atoms with Gasteiger partial charge in [-0.2, -0.15) is 0 Å². The van der Waals surface area contributed by atoms with Gasteiger partial charge < -0.3 is 8.83 Å². The van der Waals surface area contributed by atoms with E-state index < -0.39 is 0 Å². The van der Waals surface area contributed by atoms with Crippen molar-refractivity contribution in [1.29, 1.82) is 0 Å². The van der Waals surface area contributed by atoms with Gasteiger partial charge in [0.1, 0.15) is 101 Å². The second kappa shape index (κ2) is 14.3. The van der Waals surface area contributed by atoms with Crippen LogP contribution in [-0.2, 0) is 0 Å². The molecule has 0 aliphatic heterocycles. The van der Waals surface area contributed by atoms with Gasteiger partial charge in [-0.05, 0) is 70.3 Å². The van der Waals surface area contributed by atoms with E-state index in [1.807, 2.05) is 60.7 Å². The number of hydrogen-bond acceptors (Lipinski definition) is 4. The summed E-state index contributed by atoms with van der Waals surface area (Å²) >= 11 is 0. The highest BCUT2D eigenvalue weighted by Gasteiger charge is 2.22. The molecule has 0 N–H and O–H groups in total. The zero-order chi connectivity index (χ0) is 41.7. The van der Waals surface area contributed by atoms with Gasteiger partial charge in [0.25, 0.3) is 0 Å². The zero-order valence-corrected chi connectivity index (χ0v) is 31.9. The van der Waals surface area contributed by atoms with Crippen molar-refractivity contribution in [3.63, 3.8) is 0 Å². The van der Waals surface area contributed by atoms with E-state index in [2.05, 4.69) is 42.5 Å². The smallest absolute Gasteiger partial charge is 0.159 e. The predicted octanol–water partition coefficient (Wildman–Crippen LogP) is 0.548. The number of benzene rings is 7. The van der Waals surface area contributed by atoms with Gasteiger partial charge in [0.05, 0.1) is 11.4 Å². The minimum atomic E-state index is 0.0279. The third kappa shape index (κ3) is 5.82. The van der Waals surface area contributed by atoms with Crippen LogP contribution in [0.5, 0.6) is 0 Å². The molecule has 0 atom stereocenters. The van der Waals surface area contributed by atoms with Crippen LogP contribution in [0, 0.1) is 0 Å². The van der Waals surface area contributed by atoms with E-state index in [9.17, 15) is 0 Å².